The van der Waals surface area contributed by atoms with Crippen LogP contribution < -0.4 is 10.6 Å². The molecule has 0 aliphatic carbocycles. The van der Waals surface area contributed by atoms with Gasteiger partial charge in [0.15, 0.2) is 0 Å². The Morgan fingerprint density at radius 2 is 2.18 bits per heavy atom. The molecular weight excluding hydrogens is 321 g/mol. The second kappa shape index (κ2) is 10.1. The quantitative estimate of drug-likeness (QED) is 0.797. The zero-order chi connectivity index (χ0) is 15.1. The number of anilines is 1. The van der Waals surface area contributed by atoms with E-state index in [1.54, 1.807) is 6.07 Å². The van der Waals surface area contributed by atoms with E-state index in [1.807, 2.05) is 18.2 Å². The predicted molar refractivity (Wildman–Crippen MR) is 95.1 cm³/mol. The number of benzene rings is 1. The summed E-state index contributed by atoms with van der Waals surface area (Å²) in [5, 5.41) is 6.85. The molecule has 6 heteroatoms. The summed E-state index contributed by atoms with van der Waals surface area (Å²) in [6.07, 6.45) is 2.79. The van der Waals surface area contributed by atoms with Crippen molar-refractivity contribution in [2.45, 2.75) is 32.2 Å². The van der Waals surface area contributed by atoms with Gasteiger partial charge in [0.1, 0.15) is 0 Å². The highest BCUT2D eigenvalue weighted by Crippen LogP contribution is 2.20. The second-order valence-corrected chi connectivity index (χ2v) is 5.87. The van der Waals surface area contributed by atoms with Gasteiger partial charge < -0.3 is 10.6 Å². The standard InChI is InChI=1S/C16H24ClN3O.ClH/c1-2-10-20(13-7-9-18-12-13)11-8-16(21)19-15-6-4-3-5-14(15)17;/h3-6,13,18H,2,7-12H2,1H3,(H,19,21);1H. The molecule has 1 heterocycles. The monoisotopic (exact) mass is 345 g/mol. The molecule has 2 N–H and O–H groups in total. The van der Waals surface area contributed by atoms with Crippen molar-refractivity contribution in [2.24, 2.45) is 0 Å². The van der Waals surface area contributed by atoms with Crippen LogP contribution in [0.25, 0.3) is 0 Å². The van der Waals surface area contributed by atoms with E-state index in [2.05, 4.69) is 22.5 Å². The molecule has 0 saturated carbocycles. The highest BCUT2D eigenvalue weighted by atomic mass is 35.5. The van der Waals surface area contributed by atoms with Crippen LogP contribution in [-0.2, 0) is 4.79 Å². The maximum absolute atomic E-state index is 12.1. The summed E-state index contributed by atoms with van der Waals surface area (Å²) in [5.74, 6) is 0.0233. The van der Waals surface area contributed by atoms with E-state index < -0.39 is 0 Å². The van der Waals surface area contributed by atoms with Gasteiger partial charge in [-0.2, -0.15) is 0 Å². The minimum atomic E-state index is 0. The van der Waals surface area contributed by atoms with Crippen LogP contribution >= 0.6 is 24.0 Å². The van der Waals surface area contributed by atoms with Crippen molar-refractivity contribution in [2.75, 3.05) is 31.5 Å². The zero-order valence-electron chi connectivity index (χ0n) is 13.0. The summed E-state index contributed by atoms with van der Waals surface area (Å²) < 4.78 is 0. The molecular formula is C16H25Cl2N3O. The maximum atomic E-state index is 12.1. The number of halogens is 2. The molecule has 1 fully saturated rings. The van der Waals surface area contributed by atoms with E-state index >= 15 is 0 Å². The molecule has 22 heavy (non-hydrogen) atoms. The summed E-state index contributed by atoms with van der Waals surface area (Å²) in [6, 6.07) is 7.90. The number of hydrogen-bond acceptors (Lipinski definition) is 3. The van der Waals surface area contributed by atoms with Crippen LogP contribution in [0.15, 0.2) is 24.3 Å². The lowest BCUT2D eigenvalue weighted by Gasteiger charge is -2.27. The van der Waals surface area contributed by atoms with Gasteiger partial charge in [0.25, 0.3) is 0 Å². The fraction of sp³-hybridized carbons (Fsp3) is 0.562. The fourth-order valence-corrected chi connectivity index (χ4v) is 2.92. The van der Waals surface area contributed by atoms with Gasteiger partial charge in [0, 0.05) is 25.6 Å². The van der Waals surface area contributed by atoms with Crippen LogP contribution in [-0.4, -0.2) is 43.0 Å². The van der Waals surface area contributed by atoms with Gasteiger partial charge in [-0.15, -0.1) is 12.4 Å². The summed E-state index contributed by atoms with van der Waals surface area (Å²) in [5.41, 5.74) is 0.689. The molecule has 1 aliphatic rings. The molecule has 0 spiro atoms. The summed E-state index contributed by atoms with van der Waals surface area (Å²) >= 11 is 6.05. The predicted octanol–water partition coefficient (Wildman–Crippen LogP) is 3.16. The molecule has 1 aromatic carbocycles. The van der Waals surface area contributed by atoms with Gasteiger partial charge in [-0.1, -0.05) is 30.7 Å². The average molecular weight is 346 g/mol. The van der Waals surface area contributed by atoms with Crippen molar-refractivity contribution in [3.05, 3.63) is 29.3 Å². The Kier molecular flexibility index (Phi) is 8.79. The average Bonchev–Trinajstić information content (AvgIpc) is 3.00. The van der Waals surface area contributed by atoms with E-state index in [9.17, 15) is 4.79 Å². The van der Waals surface area contributed by atoms with Gasteiger partial charge in [-0.25, -0.2) is 0 Å². The van der Waals surface area contributed by atoms with Crippen LogP contribution in [0.4, 0.5) is 5.69 Å². The Morgan fingerprint density at radius 3 is 2.82 bits per heavy atom. The molecule has 1 amide bonds. The van der Waals surface area contributed by atoms with Crippen molar-refractivity contribution in [3.63, 3.8) is 0 Å². The molecule has 4 nitrogen and oxygen atoms in total. The van der Waals surface area contributed by atoms with Gasteiger partial charge in [0.2, 0.25) is 5.91 Å². The third-order valence-corrected chi connectivity index (χ3v) is 4.17. The third-order valence-electron chi connectivity index (χ3n) is 3.84. The van der Waals surface area contributed by atoms with E-state index in [4.69, 9.17) is 11.6 Å². The summed E-state index contributed by atoms with van der Waals surface area (Å²) in [4.78, 5) is 14.5. The summed E-state index contributed by atoms with van der Waals surface area (Å²) in [6.45, 7) is 6.14. The Bertz CT molecular complexity index is 464. The second-order valence-electron chi connectivity index (χ2n) is 5.46. The van der Waals surface area contributed by atoms with Crippen molar-refractivity contribution in [1.82, 2.24) is 10.2 Å². The summed E-state index contributed by atoms with van der Waals surface area (Å²) in [7, 11) is 0. The number of para-hydroxylation sites is 1. The first kappa shape index (κ1) is 19.2. The third kappa shape index (κ3) is 5.76. The van der Waals surface area contributed by atoms with E-state index in [0.29, 0.717) is 23.2 Å². The number of carbonyl (C=O) groups excluding carboxylic acids is 1. The first-order valence-corrected chi connectivity index (χ1v) is 8.07. The van der Waals surface area contributed by atoms with E-state index in [0.717, 1.165) is 32.6 Å². The Balaban J connectivity index is 0.00000242. The first-order valence-electron chi connectivity index (χ1n) is 7.70. The molecule has 0 radical (unpaired) electrons. The van der Waals surface area contributed by atoms with Crippen LogP contribution in [0, 0.1) is 0 Å². The number of nitrogens with zero attached hydrogens (tertiary/aromatic N) is 1. The SMILES string of the molecule is CCCN(CCC(=O)Nc1ccccc1Cl)C1CCNC1.Cl. The number of carbonyl (C=O) groups is 1. The van der Waals surface area contributed by atoms with Crippen molar-refractivity contribution < 1.29 is 4.79 Å². The minimum Gasteiger partial charge on any atom is -0.325 e. The molecule has 1 atom stereocenters. The number of rotatable bonds is 7. The number of hydrogen-bond donors (Lipinski definition) is 2. The minimum absolute atomic E-state index is 0. The van der Waals surface area contributed by atoms with E-state index in [-0.39, 0.29) is 18.3 Å². The number of amides is 1. The molecule has 0 bridgehead atoms. The van der Waals surface area contributed by atoms with Gasteiger partial charge in [0.05, 0.1) is 10.7 Å². The maximum Gasteiger partial charge on any atom is 0.225 e. The number of nitrogens with one attached hydrogen (secondary N) is 2. The van der Waals surface area contributed by atoms with E-state index in [1.165, 1.54) is 6.42 Å². The lowest BCUT2D eigenvalue weighted by atomic mass is 10.2. The van der Waals surface area contributed by atoms with Crippen LogP contribution in [0.1, 0.15) is 26.2 Å². The highest BCUT2D eigenvalue weighted by Gasteiger charge is 2.22. The van der Waals surface area contributed by atoms with Crippen molar-refractivity contribution in [3.8, 4) is 0 Å². The lowest BCUT2D eigenvalue weighted by molar-refractivity contribution is -0.116. The smallest absolute Gasteiger partial charge is 0.225 e. The van der Waals surface area contributed by atoms with Crippen molar-refractivity contribution in [1.29, 1.82) is 0 Å². The highest BCUT2D eigenvalue weighted by molar-refractivity contribution is 6.33. The molecule has 1 aromatic rings. The van der Waals surface area contributed by atoms with Crippen LogP contribution in [0.3, 0.4) is 0 Å². The van der Waals surface area contributed by atoms with Crippen LogP contribution in [0.2, 0.25) is 5.02 Å². The molecule has 1 unspecified atom stereocenters. The fourth-order valence-electron chi connectivity index (χ4n) is 2.74. The molecule has 124 valence electrons. The van der Waals surface area contributed by atoms with Crippen LogP contribution in [0.5, 0.6) is 0 Å². The molecule has 2 rings (SSSR count). The molecule has 0 aromatic heterocycles. The lowest BCUT2D eigenvalue weighted by Crippen LogP contribution is -2.39. The normalized spacial score (nSPS) is 17.3. The largest absolute Gasteiger partial charge is 0.325 e. The van der Waals surface area contributed by atoms with Gasteiger partial charge in [-0.05, 0) is 38.1 Å². The Morgan fingerprint density at radius 1 is 1.41 bits per heavy atom. The Hall–Kier alpha value is -0.810. The zero-order valence-corrected chi connectivity index (χ0v) is 14.6. The van der Waals surface area contributed by atoms with Crippen molar-refractivity contribution >= 4 is 35.6 Å². The Labute approximate surface area is 144 Å². The van der Waals surface area contributed by atoms with Gasteiger partial charge >= 0.3 is 0 Å². The molecule has 1 saturated heterocycles. The molecule has 1 aliphatic heterocycles. The van der Waals surface area contributed by atoms with Gasteiger partial charge in [-0.3, -0.25) is 9.69 Å². The topological polar surface area (TPSA) is 44.4 Å². The first-order chi connectivity index (χ1) is 10.2.